The summed E-state index contributed by atoms with van der Waals surface area (Å²) < 4.78 is 26.0. The van der Waals surface area contributed by atoms with Crippen LogP contribution in [0.3, 0.4) is 0 Å². The monoisotopic (exact) mass is 909 g/mol. The van der Waals surface area contributed by atoms with E-state index in [0.29, 0.717) is 55.7 Å². The van der Waals surface area contributed by atoms with Gasteiger partial charge in [0.05, 0.1) is 18.8 Å². The molecule has 0 heterocycles. The minimum atomic E-state index is -0.755. The van der Waals surface area contributed by atoms with E-state index in [1.54, 1.807) is 0 Å². The molecule has 0 saturated heterocycles. The minimum absolute atomic E-state index is 0.398. The van der Waals surface area contributed by atoms with Crippen LogP contribution in [0.2, 0.25) is 0 Å². The van der Waals surface area contributed by atoms with E-state index < -0.39 is 12.2 Å². The van der Waals surface area contributed by atoms with E-state index in [4.69, 9.17) is 25.4 Å². The summed E-state index contributed by atoms with van der Waals surface area (Å²) in [5.41, 5.74) is 6.95. The maximum absolute atomic E-state index is 12.0. The lowest BCUT2D eigenvalue weighted by Gasteiger charge is -2.23. The fraction of sp³-hybridized carbons (Fsp3) is 0.355. The van der Waals surface area contributed by atoms with Crippen LogP contribution in [0.4, 0.5) is 0 Å². The van der Waals surface area contributed by atoms with Gasteiger partial charge < -0.3 is 29.2 Å². The van der Waals surface area contributed by atoms with Crippen molar-refractivity contribution in [2.75, 3.05) is 6.61 Å². The Balaban J connectivity index is 1.50. The Morgan fingerprint density at radius 1 is 0.471 bits per heavy atom. The van der Waals surface area contributed by atoms with Gasteiger partial charge in [-0.3, -0.25) is 0 Å². The second-order valence-corrected chi connectivity index (χ2v) is 17.4. The standard InChI is InChI=1S/C62H68O6/c1-5-9-13-23-31-59(63)57-43-49(67-45-47-27-19-17-20-28-47)33-35-51(57)53-37-39-56-55(61(53)65-41-25-15-11-7-3)40-38-54(62(56)66-42-26-16-12-8-4)52-36-34-50(68-46-48-29-21-18-22-30-48)44-58(52)60(64)32-24-14-10-6-2/h3,17-22,27-30,33-40,43-44,59-60,63-64H,5-6,8-10,12-14,16,23-24,26,31-32,42,45-46H2,1-2,4H3. The summed E-state index contributed by atoms with van der Waals surface area (Å²) >= 11 is 0. The normalized spacial score (nSPS) is 11.6. The predicted molar refractivity (Wildman–Crippen MR) is 278 cm³/mol. The van der Waals surface area contributed by atoms with Crippen LogP contribution in [0.15, 0.2) is 121 Å². The van der Waals surface area contributed by atoms with Crippen molar-refractivity contribution < 1.29 is 29.2 Å². The van der Waals surface area contributed by atoms with Crippen molar-refractivity contribution in [3.05, 3.63) is 144 Å². The molecule has 2 unspecified atom stereocenters. The summed E-state index contributed by atoms with van der Waals surface area (Å²) in [7, 11) is 0. The second kappa shape index (κ2) is 27.9. The van der Waals surface area contributed by atoms with Gasteiger partial charge in [-0.25, -0.2) is 0 Å². The Labute approximate surface area is 406 Å². The number of hydrogen-bond acceptors (Lipinski definition) is 6. The molecule has 68 heavy (non-hydrogen) atoms. The fourth-order valence-electron chi connectivity index (χ4n) is 8.54. The van der Waals surface area contributed by atoms with Crippen LogP contribution in [0.1, 0.15) is 145 Å². The first-order valence-corrected chi connectivity index (χ1v) is 24.8. The van der Waals surface area contributed by atoms with E-state index in [1.165, 1.54) is 0 Å². The molecule has 6 aromatic rings. The third kappa shape index (κ3) is 14.7. The maximum Gasteiger partial charge on any atom is 0.156 e. The molecule has 6 rings (SSSR count). The van der Waals surface area contributed by atoms with Crippen LogP contribution in [-0.2, 0) is 13.2 Å². The summed E-state index contributed by atoms with van der Waals surface area (Å²) in [4.78, 5) is 0. The van der Waals surface area contributed by atoms with Crippen molar-refractivity contribution in [3.63, 3.8) is 0 Å². The van der Waals surface area contributed by atoms with E-state index in [0.717, 1.165) is 132 Å². The van der Waals surface area contributed by atoms with Gasteiger partial charge in [0.1, 0.15) is 36.6 Å². The summed E-state index contributed by atoms with van der Waals surface area (Å²) in [6.07, 6.45) is 20.5. The largest absolute Gasteiger partial charge is 0.492 e. The summed E-state index contributed by atoms with van der Waals surface area (Å²) in [6.45, 7) is 7.91. The summed E-state index contributed by atoms with van der Waals surface area (Å²) in [6, 6.07) is 40.3. The number of rotatable bonds is 27. The molecule has 0 amide bonds. The van der Waals surface area contributed by atoms with Gasteiger partial charge in [0.25, 0.3) is 0 Å². The Morgan fingerprint density at radius 3 is 1.44 bits per heavy atom. The molecule has 0 bridgehead atoms. The van der Waals surface area contributed by atoms with Crippen molar-refractivity contribution in [1.82, 2.24) is 0 Å². The van der Waals surface area contributed by atoms with Gasteiger partial charge in [-0.15, -0.1) is 6.42 Å². The zero-order valence-electron chi connectivity index (χ0n) is 40.3. The minimum Gasteiger partial charge on any atom is -0.492 e. The SMILES string of the molecule is C#CC#CC#COc1c(-c2ccc(OCc3ccccc3)cc2C(O)CCCCCC)ccc2c(OCCCCCC)c(-c3ccc(OCc4ccccc4)cc3C(O)CCCCCC)ccc12. The molecule has 0 aliphatic heterocycles. The molecular weight excluding hydrogens is 841 g/mol. The van der Waals surface area contributed by atoms with Gasteiger partial charge in [0, 0.05) is 33.7 Å². The zero-order valence-corrected chi connectivity index (χ0v) is 40.3. The molecule has 0 radical (unpaired) electrons. The Kier molecular flexibility index (Phi) is 20.8. The van der Waals surface area contributed by atoms with Crippen molar-refractivity contribution in [2.45, 2.75) is 136 Å². The first-order chi connectivity index (χ1) is 33.4. The topological polar surface area (TPSA) is 77.4 Å². The number of aliphatic hydroxyl groups is 2. The molecule has 0 aliphatic carbocycles. The smallest absolute Gasteiger partial charge is 0.156 e. The van der Waals surface area contributed by atoms with Gasteiger partial charge in [0.2, 0.25) is 0 Å². The van der Waals surface area contributed by atoms with E-state index >= 15 is 0 Å². The van der Waals surface area contributed by atoms with Crippen LogP contribution in [0.5, 0.6) is 23.0 Å². The van der Waals surface area contributed by atoms with Crippen LogP contribution in [0.25, 0.3) is 33.0 Å². The number of ether oxygens (including phenoxy) is 4. The van der Waals surface area contributed by atoms with Crippen LogP contribution >= 0.6 is 0 Å². The average Bonchev–Trinajstić information content (AvgIpc) is 3.37. The molecule has 0 aromatic heterocycles. The number of benzene rings is 6. The third-order valence-electron chi connectivity index (χ3n) is 12.3. The van der Waals surface area contributed by atoms with E-state index in [2.05, 4.69) is 62.7 Å². The molecule has 0 aliphatic rings. The molecule has 0 spiro atoms. The van der Waals surface area contributed by atoms with Gasteiger partial charge in [-0.05, 0) is 113 Å². The molecular formula is C62H68O6. The van der Waals surface area contributed by atoms with E-state index in [9.17, 15) is 10.2 Å². The molecule has 6 nitrogen and oxygen atoms in total. The quantitative estimate of drug-likeness (QED) is 0.0396. The molecule has 2 atom stereocenters. The fourth-order valence-corrected chi connectivity index (χ4v) is 8.54. The molecule has 352 valence electrons. The molecule has 0 fully saturated rings. The Hall–Kier alpha value is -6.62. The number of unbranched alkanes of at least 4 members (excludes halogenated alkanes) is 9. The Bertz CT molecular complexity index is 2660. The number of aliphatic hydroxyl groups excluding tert-OH is 2. The highest BCUT2D eigenvalue weighted by molar-refractivity contribution is 6.03. The highest BCUT2D eigenvalue weighted by atomic mass is 16.5. The van der Waals surface area contributed by atoms with Crippen molar-refractivity contribution in [1.29, 1.82) is 0 Å². The molecule has 0 saturated carbocycles. The number of fused-ring (bicyclic) bond motifs is 1. The van der Waals surface area contributed by atoms with Gasteiger partial charge >= 0.3 is 0 Å². The average molecular weight is 909 g/mol. The number of terminal acetylenes is 1. The van der Waals surface area contributed by atoms with Crippen molar-refractivity contribution in [2.24, 2.45) is 0 Å². The molecule has 2 N–H and O–H groups in total. The van der Waals surface area contributed by atoms with Gasteiger partial charge in [-0.2, -0.15) is 0 Å². The van der Waals surface area contributed by atoms with E-state index in [-0.39, 0.29) is 0 Å². The van der Waals surface area contributed by atoms with Crippen LogP contribution in [0, 0.1) is 36.2 Å². The first kappa shape index (κ1) is 50.8. The highest BCUT2D eigenvalue weighted by Crippen LogP contribution is 2.48. The molecule has 6 heteroatoms. The van der Waals surface area contributed by atoms with Crippen LogP contribution in [-0.4, -0.2) is 16.8 Å². The molecule has 6 aromatic carbocycles. The van der Waals surface area contributed by atoms with Crippen molar-refractivity contribution in [3.8, 4) is 81.5 Å². The van der Waals surface area contributed by atoms with E-state index in [1.807, 2.05) is 109 Å². The first-order valence-electron chi connectivity index (χ1n) is 24.8. The lowest BCUT2D eigenvalue weighted by Crippen LogP contribution is -2.05. The van der Waals surface area contributed by atoms with Gasteiger partial charge in [-0.1, -0.05) is 164 Å². The maximum atomic E-state index is 12.0. The lowest BCUT2D eigenvalue weighted by atomic mass is 9.89. The lowest BCUT2D eigenvalue weighted by molar-refractivity contribution is 0.163. The highest BCUT2D eigenvalue weighted by Gasteiger charge is 2.24. The summed E-state index contributed by atoms with van der Waals surface area (Å²) in [5.74, 6) is 12.8. The summed E-state index contributed by atoms with van der Waals surface area (Å²) in [5, 5.41) is 25.6. The zero-order chi connectivity index (χ0) is 47.8. The third-order valence-corrected chi connectivity index (χ3v) is 12.3. The van der Waals surface area contributed by atoms with Gasteiger partial charge in [0.15, 0.2) is 5.75 Å². The number of hydrogen-bond donors (Lipinski definition) is 2. The second-order valence-electron chi connectivity index (χ2n) is 17.4. The predicted octanol–water partition coefficient (Wildman–Crippen LogP) is 15.3. The van der Waals surface area contributed by atoms with Crippen molar-refractivity contribution >= 4 is 10.8 Å². The van der Waals surface area contributed by atoms with Crippen LogP contribution < -0.4 is 18.9 Å². The Morgan fingerprint density at radius 2 is 0.941 bits per heavy atom.